The van der Waals surface area contributed by atoms with Gasteiger partial charge in [0.2, 0.25) is 0 Å². The Bertz CT molecular complexity index is 276. The maximum atomic E-state index is 3.95. The number of benzene rings is 1. The summed E-state index contributed by atoms with van der Waals surface area (Å²) in [6.45, 7) is 8.17. The van der Waals surface area contributed by atoms with Gasteiger partial charge < -0.3 is 0 Å². The van der Waals surface area contributed by atoms with Crippen molar-refractivity contribution in [2.45, 2.75) is 18.7 Å². The van der Waals surface area contributed by atoms with Crippen LogP contribution in [0.3, 0.4) is 0 Å². The van der Waals surface area contributed by atoms with Crippen LogP contribution < -0.4 is 0 Å². The van der Waals surface area contributed by atoms with Crippen LogP contribution in [0, 0.1) is 0 Å². The smallest absolute Gasteiger partial charge is 0.0147 e. The van der Waals surface area contributed by atoms with Crippen molar-refractivity contribution >= 4 is 17.3 Å². The molecule has 0 nitrogen and oxygen atoms in total. The fourth-order valence-electron chi connectivity index (χ4n) is 1.10. The number of hydrogen-bond acceptors (Lipinski definition) is 1. The lowest BCUT2D eigenvalue weighted by Gasteiger charge is -2.06. The molecule has 1 heteroatoms. The van der Waals surface area contributed by atoms with E-state index in [0.717, 1.165) is 11.3 Å². The second-order valence-corrected chi connectivity index (χ2v) is 4.02. The Morgan fingerprint density at radius 3 is 2.67 bits per heavy atom. The van der Waals surface area contributed by atoms with Crippen LogP contribution in [0.2, 0.25) is 0 Å². The number of thioether (sulfide) groups is 1. The summed E-state index contributed by atoms with van der Waals surface area (Å²) in [5, 5.41) is 0. The van der Waals surface area contributed by atoms with E-state index < -0.39 is 0 Å². The number of rotatable bonds is 3. The first kappa shape index (κ1) is 9.40. The Labute approximate surface area is 78.7 Å². The zero-order valence-corrected chi connectivity index (χ0v) is 8.45. The SMILES string of the molecule is C=C(C)c1ccccc1SCC. The summed E-state index contributed by atoms with van der Waals surface area (Å²) < 4.78 is 0. The highest BCUT2D eigenvalue weighted by molar-refractivity contribution is 7.99. The van der Waals surface area contributed by atoms with Crippen molar-refractivity contribution in [2.24, 2.45) is 0 Å². The van der Waals surface area contributed by atoms with Gasteiger partial charge in [-0.15, -0.1) is 11.8 Å². The van der Waals surface area contributed by atoms with Crippen molar-refractivity contribution in [1.29, 1.82) is 0 Å². The molecule has 0 unspecified atom stereocenters. The van der Waals surface area contributed by atoms with Gasteiger partial charge in [0.25, 0.3) is 0 Å². The highest BCUT2D eigenvalue weighted by atomic mass is 32.2. The Morgan fingerprint density at radius 2 is 2.08 bits per heavy atom. The summed E-state index contributed by atoms with van der Waals surface area (Å²) >= 11 is 1.87. The van der Waals surface area contributed by atoms with E-state index in [2.05, 4.69) is 44.7 Å². The first-order valence-corrected chi connectivity index (χ1v) is 5.12. The molecular weight excluding hydrogens is 164 g/mol. The predicted molar refractivity (Wildman–Crippen MR) is 57.5 cm³/mol. The summed E-state index contributed by atoms with van der Waals surface area (Å²) in [5.74, 6) is 1.12. The molecule has 0 aliphatic heterocycles. The second kappa shape index (κ2) is 4.36. The highest BCUT2D eigenvalue weighted by Gasteiger charge is 2.00. The second-order valence-electron chi connectivity index (χ2n) is 2.71. The van der Waals surface area contributed by atoms with Gasteiger partial charge in [-0.3, -0.25) is 0 Å². The van der Waals surface area contributed by atoms with Crippen molar-refractivity contribution < 1.29 is 0 Å². The zero-order chi connectivity index (χ0) is 8.97. The molecule has 1 aromatic carbocycles. The molecule has 64 valence electrons. The summed E-state index contributed by atoms with van der Waals surface area (Å²) in [7, 11) is 0. The quantitative estimate of drug-likeness (QED) is 0.634. The summed E-state index contributed by atoms with van der Waals surface area (Å²) in [6.07, 6.45) is 0. The molecule has 0 amide bonds. The molecule has 0 aromatic heterocycles. The molecule has 0 atom stereocenters. The van der Waals surface area contributed by atoms with Gasteiger partial charge in [-0.1, -0.05) is 31.7 Å². The van der Waals surface area contributed by atoms with Crippen LogP contribution in [0.5, 0.6) is 0 Å². The van der Waals surface area contributed by atoms with Crippen molar-refractivity contribution in [3.8, 4) is 0 Å². The van der Waals surface area contributed by atoms with Gasteiger partial charge in [0.1, 0.15) is 0 Å². The van der Waals surface area contributed by atoms with E-state index >= 15 is 0 Å². The van der Waals surface area contributed by atoms with Gasteiger partial charge in [-0.05, 0) is 29.9 Å². The van der Waals surface area contributed by atoms with Gasteiger partial charge in [0.15, 0.2) is 0 Å². The van der Waals surface area contributed by atoms with Crippen molar-refractivity contribution in [3.05, 3.63) is 36.4 Å². The van der Waals surface area contributed by atoms with Crippen molar-refractivity contribution in [1.82, 2.24) is 0 Å². The van der Waals surface area contributed by atoms with Crippen LogP contribution in [0.1, 0.15) is 19.4 Å². The van der Waals surface area contributed by atoms with E-state index in [1.54, 1.807) is 0 Å². The maximum Gasteiger partial charge on any atom is 0.0147 e. The van der Waals surface area contributed by atoms with Gasteiger partial charge in [0.05, 0.1) is 0 Å². The number of hydrogen-bond donors (Lipinski definition) is 0. The maximum absolute atomic E-state index is 3.95. The van der Waals surface area contributed by atoms with Crippen LogP contribution in [-0.2, 0) is 0 Å². The van der Waals surface area contributed by atoms with Crippen LogP contribution in [0.4, 0.5) is 0 Å². The van der Waals surface area contributed by atoms with Gasteiger partial charge in [-0.25, -0.2) is 0 Å². The molecule has 0 aliphatic carbocycles. The van der Waals surface area contributed by atoms with E-state index in [1.165, 1.54) is 10.5 Å². The summed E-state index contributed by atoms with van der Waals surface area (Å²) in [6, 6.07) is 8.41. The minimum atomic E-state index is 1.12. The standard InChI is InChI=1S/C11H14S/c1-4-12-11-8-6-5-7-10(11)9(2)3/h5-8H,2,4H2,1,3H3. The molecule has 0 aliphatic rings. The van der Waals surface area contributed by atoms with Gasteiger partial charge in [0, 0.05) is 4.90 Å². The highest BCUT2D eigenvalue weighted by Crippen LogP contribution is 2.26. The van der Waals surface area contributed by atoms with E-state index in [-0.39, 0.29) is 0 Å². The molecule has 0 bridgehead atoms. The van der Waals surface area contributed by atoms with Crippen molar-refractivity contribution in [2.75, 3.05) is 5.75 Å². The molecule has 1 rings (SSSR count). The molecule has 0 fully saturated rings. The van der Waals surface area contributed by atoms with Crippen LogP contribution in [-0.4, -0.2) is 5.75 Å². The lowest BCUT2D eigenvalue weighted by molar-refractivity contribution is 1.37. The van der Waals surface area contributed by atoms with Gasteiger partial charge >= 0.3 is 0 Å². The Hall–Kier alpha value is -0.690. The number of allylic oxidation sites excluding steroid dienone is 1. The van der Waals surface area contributed by atoms with Crippen LogP contribution >= 0.6 is 11.8 Å². The summed E-state index contributed by atoms with van der Waals surface area (Å²) in [5.41, 5.74) is 2.43. The average molecular weight is 178 g/mol. The molecule has 0 saturated carbocycles. The summed E-state index contributed by atoms with van der Waals surface area (Å²) in [4.78, 5) is 1.34. The van der Waals surface area contributed by atoms with Gasteiger partial charge in [-0.2, -0.15) is 0 Å². The largest absolute Gasteiger partial charge is 0.126 e. The molecule has 0 heterocycles. The molecule has 0 N–H and O–H groups in total. The first-order valence-electron chi connectivity index (χ1n) is 4.13. The van der Waals surface area contributed by atoms with Crippen LogP contribution in [0.15, 0.2) is 35.7 Å². The molecule has 12 heavy (non-hydrogen) atoms. The Kier molecular flexibility index (Phi) is 3.42. The van der Waals surface area contributed by atoms with Crippen LogP contribution in [0.25, 0.3) is 5.57 Å². The monoisotopic (exact) mass is 178 g/mol. The van der Waals surface area contributed by atoms with E-state index in [4.69, 9.17) is 0 Å². The molecular formula is C11H14S. The predicted octanol–water partition coefficient (Wildman–Crippen LogP) is 3.83. The van der Waals surface area contributed by atoms with E-state index in [0.29, 0.717) is 0 Å². The van der Waals surface area contributed by atoms with E-state index in [1.807, 2.05) is 11.8 Å². The third-order valence-corrected chi connectivity index (χ3v) is 2.60. The minimum absolute atomic E-state index is 1.12. The average Bonchev–Trinajstić information content (AvgIpc) is 2.05. The lowest BCUT2D eigenvalue weighted by Crippen LogP contribution is -1.82. The van der Waals surface area contributed by atoms with E-state index in [9.17, 15) is 0 Å². The minimum Gasteiger partial charge on any atom is -0.126 e. The van der Waals surface area contributed by atoms with Crippen molar-refractivity contribution in [3.63, 3.8) is 0 Å². The Morgan fingerprint density at radius 1 is 1.42 bits per heavy atom. The Balaban J connectivity index is 3.00. The molecule has 0 radical (unpaired) electrons. The topological polar surface area (TPSA) is 0 Å². The fourth-order valence-corrected chi connectivity index (χ4v) is 1.98. The fraction of sp³-hybridized carbons (Fsp3) is 0.273. The first-order chi connectivity index (χ1) is 5.75. The molecule has 1 aromatic rings. The third kappa shape index (κ3) is 2.15. The normalized spacial score (nSPS) is 9.83. The third-order valence-electron chi connectivity index (χ3n) is 1.65. The molecule has 0 saturated heterocycles. The lowest BCUT2D eigenvalue weighted by atomic mass is 10.1. The molecule has 0 spiro atoms. The zero-order valence-electron chi connectivity index (χ0n) is 7.63.